The molecule has 1 amide bonds. The third-order valence-electron chi connectivity index (χ3n) is 4.30. The van der Waals surface area contributed by atoms with Crippen LogP contribution in [0.3, 0.4) is 0 Å². The van der Waals surface area contributed by atoms with Crippen molar-refractivity contribution in [2.75, 3.05) is 6.54 Å². The van der Waals surface area contributed by atoms with E-state index in [1.54, 1.807) is 12.3 Å². The highest BCUT2D eigenvalue weighted by atomic mass is 16.5. The minimum atomic E-state index is -0.801. The molecule has 6 heteroatoms. The van der Waals surface area contributed by atoms with E-state index in [2.05, 4.69) is 10.5 Å². The van der Waals surface area contributed by atoms with E-state index < -0.39 is 6.10 Å². The van der Waals surface area contributed by atoms with Gasteiger partial charge in [0, 0.05) is 24.1 Å². The number of aromatic nitrogens is 1. The molecule has 0 radical (unpaired) electrons. The molecule has 2 aromatic heterocycles. The number of furan rings is 1. The summed E-state index contributed by atoms with van der Waals surface area (Å²) in [7, 11) is 0. The van der Waals surface area contributed by atoms with Gasteiger partial charge in [-0.25, -0.2) is 0 Å². The minimum absolute atomic E-state index is 0.102. The highest BCUT2D eigenvalue weighted by molar-refractivity contribution is 5.92. The largest absolute Gasteiger partial charge is 0.464 e. The summed E-state index contributed by atoms with van der Waals surface area (Å²) in [5.74, 6) is 1.60. The number of aliphatic hydroxyl groups excluding tert-OH is 1. The van der Waals surface area contributed by atoms with Crippen molar-refractivity contribution in [1.29, 1.82) is 0 Å². The van der Waals surface area contributed by atoms with Crippen molar-refractivity contribution >= 4 is 5.91 Å². The van der Waals surface area contributed by atoms with E-state index in [0.29, 0.717) is 5.92 Å². The molecule has 25 heavy (non-hydrogen) atoms. The van der Waals surface area contributed by atoms with E-state index in [0.717, 1.165) is 35.5 Å². The Morgan fingerprint density at radius 1 is 1.28 bits per heavy atom. The number of carbonyl (C=O) groups is 1. The number of amides is 1. The molecule has 4 rings (SSSR count). The highest BCUT2D eigenvalue weighted by Gasteiger charge is 2.28. The number of benzene rings is 1. The first kappa shape index (κ1) is 15.7. The van der Waals surface area contributed by atoms with Gasteiger partial charge in [0.25, 0.3) is 5.91 Å². The second-order valence-corrected chi connectivity index (χ2v) is 6.21. The van der Waals surface area contributed by atoms with Gasteiger partial charge >= 0.3 is 0 Å². The normalized spacial score (nSPS) is 15.1. The lowest BCUT2D eigenvalue weighted by atomic mass is 10.1. The third-order valence-corrected chi connectivity index (χ3v) is 4.30. The average Bonchev–Trinajstić information content (AvgIpc) is 3.14. The first-order valence-corrected chi connectivity index (χ1v) is 8.27. The fourth-order valence-corrected chi connectivity index (χ4v) is 2.67. The standard InChI is InChI=1S/C19H18N2O4/c22-16(12-3-5-13(6-4-12)17-2-1-9-24-17)11-20-19(23)15-10-18(25-21-15)14-7-8-14/h1-6,9-10,14,16,22H,7-8,11H2,(H,20,23)/t16-/m0/s1. The van der Waals surface area contributed by atoms with Gasteiger partial charge in [0.2, 0.25) is 0 Å². The predicted molar refractivity (Wildman–Crippen MR) is 89.9 cm³/mol. The fourth-order valence-electron chi connectivity index (χ4n) is 2.67. The topological polar surface area (TPSA) is 88.5 Å². The Morgan fingerprint density at radius 2 is 2.08 bits per heavy atom. The number of hydrogen-bond acceptors (Lipinski definition) is 5. The smallest absolute Gasteiger partial charge is 0.273 e. The summed E-state index contributed by atoms with van der Waals surface area (Å²) >= 11 is 0. The molecule has 1 fully saturated rings. The fraction of sp³-hybridized carbons (Fsp3) is 0.263. The van der Waals surface area contributed by atoms with Crippen LogP contribution in [-0.4, -0.2) is 22.7 Å². The molecule has 3 aromatic rings. The van der Waals surface area contributed by atoms with Crippen molar-refractivity contribution in [1.82, 2.24) is 10.5 Å². The van der Waals surface area contributed by atoms with Crippen molar-refractivity contribution in [3.63, 3.8) is 0 Å². The number of nitrogens with one attached hydrogen (secondary N) is 1. The van der Waals surface area contributed by atoms with E-state index in [1.165, 1.54) is 0 Å². The summed E-state index contributed by atoms with van der Waals surface area (Å²) in [5.41, 5.74) is 1.90. The van der Waals surface area contributed by atoms with E-state index in [-0.39, 0.29) is 18.1 Å². The minimum Gasteiger partial charge on any atom is -0.464 e. The maximum Gasteiger partial charge on any atom is 0.273 e. The zero-order valence-corrected chi connectivity index (χ0v) is 13.5. The number of aliphatic hydroxyl groups is 1. The van der Waals surface area contributed by atoms with Crippen LogP contribution in [0.5, 0.6) is 0 Å². The van der Waals surface area contributed by atoms with Crippen molar-refractivity contribution < 1.29 is 18.8 Å². The molecular weight excluding hydrogens is 320 g/mol. The SMILES string of the molecule is O=C(NC[C@H](O)c1ccc(-c2ccco2)cc1)c1cc(C2CC2)on1. The molecule has 0 unspecified atom stereocenters. The van der Waals surface area contributed by atoms with Gasteiger partial charge in [-0.1, -0.05) is 29.4 Å². The molecule has 1 aliphatic rings. The van der Waals surface area contributed by atoms with E-state index in [9.17, 15) is 9.90 Å². The third kappa shape index (κ3) is 3.49. The molecule has 0 aliphatic heterocycles. The van der Waals surface area contributed by atoms with Crippen LogP contribution < -0.4 is 5.32 Å². The first-order valence-electron chi connectivity index (χ1n) is 8.27. The summed E-state index contributed by atoms with van der Waals surface area (Å²) in [6.07, 6.45) is 2.99. The maximum atomic E-state index is 12.1. The Bertz CT molecular complexity index is 848. The van der Waals surface area contributed by atoms with Crippen LogP contribution in [0.4, 0.5) is 0 Å². The summed E-state index contributed by atoms with van der Waals surface area (Å²) < 4.78 is 10.5. The van der Waals surface area contributed by atoms with E-state index in [4.69, 9.17) is 8.94 Å². The lowest BCUT2D eigenvalue weighted by molar-refractivity contribution is 0.0907. The molecule has 1 atom stereocenters. The second kappa shape index (κ2) is 6.57. The van der Waals surface area contributed by atoms with Crippen LogP contribution in [0.2, 0.25) is 0 Å². The second-order valence-electron chi connectivity index (χ2n) is 6.21. The molecule has 0 bridgehead atoms. The van der Waals surface area contributed by atoms with E-state index >= 15 is 0 Å². The first-order chi connectivity index (χ1) is 12.2. The Hall–Kier alpha value is -2.86. The van der Waals surface area contributed by atoms with Crippen molar-refractivity contribution in [3.05, 3.63) is 65.7 Å². The number of rotatable bonds is 6. The van der Waals surface area contributed by atoms with Gasteiger partial charge in [0.05, 0.1) is 12.4 Å². The van der Waals surface area contributed by atoms with E-state index in [1.807, 2.05) is 36.4 Å². The molecule has 1 aromatic carbocycles. The van der Waals surface area contributed by atoms with Gasteiger partial charge in [-0.05, 0) is 30.5 Å². The number of hydrogen-bond donors (Lipinski definition) is 2. The zero-order chi connectivity index (χ0) is 17.2. The summed E-state index contributed by atoms with van der Waals surface area (Å²) in [4.78, 5) is 12.1. The van der Waals surface area contributed by atoms with Crippen LogP contribution in [0.1, 0.15) is 46.7 Å². The molecule has 1 saturated carbocycles. The van der Waals surface area contributed by atoms with Gasteiger partial charge in [-0.3, -0.25) is 4.79 Å². The molecule has 128 valence electrons. The van der Waals surface area contributed by atoms with Crippen LogP contribution in [0.15, 0.2) is 57.7 Å². The van der Waals surface area contributed by atoms with Crippen LogP contribution in [0, 0.1) is 0 Å². The maximum absolute atomic E-state index is 12.1. The molecule has 1 aliphatic carbocycles. The molecule has 0 saturated heterocycles. The molecular formula is C19H18N2O4. The zero-order valence-electron chi connectivity index (χ0n) is 13.5. The summed E-state index contributed by atoms with van der Waals surface area (Å²) in [6, 6.07) is 12.8. The summed E-state index contributed by atoms with van der Waals surface area (Å²) in [5, 5.41) is 16.7. The summed E-state index contributed by atoms with van der Waals surface area (Å²) in [6.45, 7) is 0.102. The Balaban J connectivity index is 1.34. The van der Waals surface area contributed by atoms with Crippen LogP contribution in [-0.2, 0) is 0 Å². The van der Waals surface area contributed by atoms with Gasteiger partial charge < -0.3 is 19.4 Å². The van der Waals surface area contributed by atoms with Gasteiger partial charge in [0.15, 0.2) is 5.69 Å². The van der Waals surface area contributed by atoms with Gasteiger partial charge in [-0.2, -0.15) is 0 Å². The molecule has 2 heterocycles. The number of nitrogens with zero attached hydrogens (tertiary/aromatic N) is 1. The molecule has 6 nitrogen and oxygen atoms in total. The lowest BCUT2D eigenvalue weighted by Crippen LogP contribution is -2.28. The number of carbonyl (C=O) groups excluding carboxylic acids is 1. The Morgan fingerprint density at radius 3 is 2.76 bits per heavy atom. The van der Waals surface area contributed by atoms with Crippen LogP contribution in [0.25, 0.3) is 11.3 Å². The predicted octanol–water partition coefficient (Wildman–Crippen LogP) is 3.28. The highest BCUT2D eigenvalue weighted by Crippen LogP contribution is 2.40. The Kier molecular flexibility index (Phi) is 4.11. The monoisotopic (exact) mass is 338 g/mol. The van der Waals surface area contributed by atoms with Crippen molar-refractivity contribution in [2.24, 2.45) is 0 Å². The van der Waals surface area contributed by atoms with Crippen LogP contribution >= 0.6 is 0 Å². The lowest BCUT2D eigenvalue weighted by Gasteiger charge is -2.12. The average molecular weight is 338 g/mol. The molecule has 0 spiro atoms. The van der Waals surface area contributed by atoms with Gasteiger partial charge in [0.1, 0.15) is 11.5 Å². The van der Waals surface area contributed by atoms with Crippen molar-refractivity contribution in [3.8, 4) is 11.3 Å². The quantitative estimate of drug-likeness (QED) is 0.720. The molecule has 2 N–H and O–H groups in total. The van der Waals surface area contributed by atoms with Crippen molar-refractivity contribution in [2.45, 2.75) is 24.9 Å². The Labute approximate surface area is 144 Å². The van der Waals surface area contributed by atoms with Gasteiger partial charge in [-0.15, -0.1) is 0 Å².